The predicted molar refractivity (Wildman–Crippen MR) is 111 cm³/mol. The molecule has 12 heteroatoms. The molecule has 0 amide bonds. The summed E-state index contributed by atoms with van der Waals surface area (Å²) >= 11 is 2.84. The van der Waals surface area contributed by atoms with E-state index in [9.17, 15) is 14.4 Å². The Labute approximate surface area is 173 Å². The average Bonchev–Trinajstić information content (AvgIpc) is 3.36. The third kappa shape index (κ3) is 5.02. The van der Waals surface area contributed by atoms with Crippen LogP contribution < -0.4 is 17.0 Å². The van der Waals surface area contributed by atoms with E-state index in [1.165, 1.54) is 12.0 Å². The maximum atomic E-state index is 12.7. The number of hydrogen-bond donors (Lipinski definition) is 2. The fourth-order valence-electron chi connectivity index (χ4n) is 2.66. The van der Waals surface area contributed by atoms with E-state index in [-0.39, 0.29) is 30.3 Å². The van der Waals surface area contributed by atoms with Crippen molar-refractivity contribution in [1.29, 1.82) is 0 Å². The first-order valence-electron chi connectivity index (χ1n) is 8.69. The van der Waals surface area contributed by atoms with E-state index in [4.69, 9.17) is 10.5 Å². The van der Waals surface area contributed by atoms with E-state index in [0.717, 1.165) is 22.7 Å². The van der Waals surface area contributed by atoms with E-state index in [1.807, 2.05) is 16.0 Å². The van der Waals surface area contributed by atoms with Gasteiger partial charge in [-0.1, -0.05) is 17.8 Å². The number of methoxy groups -OCH3 is 1. The molecule has 29 heavy (non-hydrogen) atoms. The van der Waals surface area contributed by atoms with Gasteiger partial charge in [0.15, 0.2) is 10.9 Å². The van der Waals surface area contributed by atoms with Gasteiger partial charge in [-0.2, -0.15) is 0 Å². The van der Waals surface area contributed by atoms with Crippen molar-refractivity contribution in [3.8, 4) is 0 Å². The first kappa shape index (κ1) is 21.0. The Kier molecular flexibility index (Phi) is 7.01. The largest absolute Gasteiger partial charge is 0.384 e. The Hall–Kier alpha value is -2.70. The van der Waals surface area contributed by atoms with Gasteiger partial charge < -0.3 is 15.0 Å². The number of nitrogens with one attached hydrogen (secondary N) is 1. The molecule has 0 fully saturated rings. The minimum absolute atomic E-state index is 0.0620. The normalized spacial score (nSPS) is 11.1. The fourth-order valence-corrected chi connectivity index (χ4v) is 4.17. The lowest BCUT2D eigenvalue weighted by atomic mass is 10.2. The van der Waals surface area contributed by atoms with Crippen LogP contribution in [0.3, 0.4) is 0 Å². The molecule has 3 aromatic heterocycles. The summed E-state index contributed by atoms with van der Waals surface area (Å²) in [5, 5.41) is 10.5. The smallest absolute Gasteiger partial charge is 0.330 e. The molecule has 0 radical (unpaired) electrons. The fraction of sp³-hybridized carbons (Fsp3) is 0.353. The van der Waals surface area contributed by atoms with E-state index < -0.39 is 17.0 Å². The Morgan fingerprint density at radius 3 is 2.93 bits per heavy atom. The SMILES string of the molecule is COCCn1c(N)c(C(=O)CSc2nncn2CCc2cccs2)c(=O)[nH]c1=O. The minimum atomic E-state index is -0.800. The van der Waals surface area contributed by atoms with Crippen molar-refractivity contribution < 1.29 is 9.53 Å². The summed E-state index contributed by atoms with van der Waals surface area (Å²) in [4.78, 5) is 40.1. The number of ether oxygens (including phenoxy) is 1. The Balaban J connectivity index is 1.71. The number of thiophene rings is 1. The van der Waals surface area contributed by atoms with Crippen molar-refractivity contribution in [3.63, 3.8) is 0 Å². The number of nitrogens with two attached hydrogens (primary N) is 1. The molecular weight excluding hydrogens is 416 g/mol. The molecule has 0 aliphatic heterocycles. The van der Waals surface area contributed by atoms with Gasteiger partial charge in [-0.05, 0) is 17.9 Å². The molecule has 0 bridgehead atoms. The van der Waals surface area contributed by atoms with Gasteiger partial charge in [0.1, 0.15) is 17.7 Å². The van der Waals surface area contributed by atoms with Crippen molar-refractivity contribution in [3.05, 3.63) is 55.1 Å². The number of anilines is 1. The molecule has 3 aromatic rings. The molecule has 3 N–H and O–H groups in total. The summed E-state index contributed by atoms with van der Waals surface area (Å²) in [7, 11) is 1.48. The third-order valence-corrected chi connectivity index (χ3v) is 6.05. The van der Waals surface area contributed by atoms with Crippen molar-refractivity contribution in [2.24, 2.45) is 0 Å². The second kappa shape index (κ2) is 9.67. The third-order valence-electron chi connectivity index (χ3n) is 4.13. The number of aromatic nitrogens is 5. The van der Waals surface area contributed by atoms with Crippen LogP contribution in [0.2, 0.25) is 0 Å². The van der Waals surface area contributed by atoms with Crippen molar-refractivity contribution in [2.75, 3.05) is 25.2 Å². The van der Waals surface area contributed by atoms with Gasteiger partial charge in [-0.3, -0.25) is 19.1 Å². The second-order valence-electron chi connectivity index (χ2n) is 6.01. The number of hydrogen-bond acceptors (Lipinski definition) is 9. The van der Waals surface area contributed by atoms with Crippen molar-refractivity contribution in [1.82, 2.24) is 24.3 Å². The summed E-state index contributed by atoms with van der Waals surface area (Å²) in [5.74, 6) is -0.721. The maximum absolute atomic E-state index is 12.7. The van der Waals surface area contributed by atoms with Crippen LogP contribution in [0, 0.1) is 0 Å². The molecule has 0 spiro atoms. The molecule has 0 aromatic carbocycles. The predicted octanol–water partition coefficient (Wildman–Crippen LogP) is 0.636. The number of H-pyrrole nitrogens is 1. The topological polar surface area (TPSA) is 138 Å². The van der Waals surface area contributed by atoms with Crippen LogP contribution >= 0.6 is 23.1 Å². The highest BCUT2D eigenvalue weighted by atomic mass is 32.2. The summed E-state index contributed by atoms with van der Waals surface area (Å²) in [6, 6.07) is 4.05. The van der Waals surface area contributed by atoms with Crippen LogP contribution in [0.4, 0.5) is 5.82 Å². The molecule has 3 rings (SSSR count). The highest BCUT2D eigenvalue weighted by Gasteiger charge is 2.20. The summed E-state index contributed by atoms with van der Waals surface area (Å²) < 4.78 is 7.90. The van der Waals surface area contributed by atoms with Crippen LogP contribution in [0.25, 0.3) is 0 Å². The quantitative estimate of drug-likeness (QED) is 0.349. The zero-order valence-electron chi connectivity index (χ0n) is 15.7. The monoisotopic (exact) mass is 436 g/mol. The molecule has 3 heterocycles. The van der Waals surface area contributed by atoms with Gasteiger partial charge in [0, 0.05) is 18.5 Å². The molecule has 0 saturated carbocycles. The van der Waals surface area contributed by atoms with Crippen molar-refractivity contribution in [2.45, 2.75) is 24.7 Å². The van der Waals surface area contributed by atoms with Crippen LogP contribution in [0.5, 0.6) is 0 Å². The number of rotatable bonds is 10. The number of aryl methyl sites for hydroxylation is 2. The first-order chi connectivity index (χ1) is 14.0. The van der Waals surface area contributed by atoms with Gasteiger partial charge in [0.2, 0.25) is 0 Å². The average molecular weight is 437 g/mol. The molecular formula is C17H20N6O4S2. The number of Topliss-reactive ketones (excluding diaryl/α,β-unsaturated/α-hetero) is 1. The highest BCUT2D eigenvalue weighted by molar-refractivity contribution is 7.99. The van der Waals surface area contributed by atoms with Crippen molar-refractivity contribution >= 4 is 34.7 Å². The second-order valence-corrected chi connectivity index (χ2v) is 7.99. The summed E-state index contributed by atoms with van der Waals surface area (Å²) in [5.41, 5.74) is 4.22. The Morgan fingerprint density at radius 1 is 1.38 bits per heavy atom. The number of carbonyl (C=O) groups excluding carboxylic acids is 1. The molecule has 0 unspecified atom stereocenters. The number of carbonyl (C=O) groups is 1. The lowest BCUT2D eigenvalue weighted by Gasteiger charge is -2.11. The Morgan fingerprint density at radius 2 is 2.21 bits per heavy atom. The molecule has 10 nitrogen and oxygen atoms in total. The van der Waals surface area contributed by atoms with E-state index in [2.05, 4.69) is 21.2 Å². The Bertz CT molecular complexity index is 1090. The van der Waals surface area contributed by atoms with Gasteiger partial charge in [-0.25, -0.2) is 4.79 Å². The first-order valence-corrected chi connectivity index (χ1v) is 10.6. The van der Waals surface area contributed by atoms with Crippen LogP contribution in [-0.2, 0) is 24.2 Å². The van der Waals surface area contributed by atoms with Gasteiger partial charge >= 0.3 is 5.69 Å². The van der Waals surface area contributed by atoms with Crippen LogP contribution in [0.15, 0.2) is 38.6 Å². The number of thioether (sulfide) groups is 1. The molecule has 0 aliphatic rings. The number of ketones is 1. The van der Waals surface area contributed by atoms with E-state index in [0.29, 0.717) is 11.7 Å². The highest BCUT2D eigenvalue weighted by Crippen LogP contribution is 2.18. The van der Waals surface area contributed by atoms with Crippen LogP contribution in [0.1, 0.15) is 15.2 Å². The maximum Gasteiger partial charge on any atom is 0.330 e. The van der Waals surface area contributed by atoms with Gasteiger partial charge in [0.05, 0.1) is 18.9 Å². The van der Waals surface area contributed by atoms with Gasteiger partial charge in [-0.15, -0.1) is 21.5 Å². The number of aromatic amines is 1. The minimum Gasteiger partial charge on any atom is -0.384 e. The van der Waals surface area contributed by atoms with E-state index in [1.54, 1.807) is 17.7 Å². The summed E-state index contributed by atoms with van der Waals surface area (Å²) in [6.07, 6.45) is 2.43. The zero-order valence-corrected chi connectivity index (χ0v) is 17.3. The standard InChI is InChI=1S/C17H20N6O4S2/c1-27-7-6-23-14(18)13(15(25)20-16(23)26)12(24)9-29-17-21-19-10-22(17)5-4-11-3-2-8-28-11/h2-3,8,10H,4-7,9,18H2,1H3,(H,20,25,26). The number of nitrogen functional groups attached to an aromatic ring is 1. The van der Waals surface area contributed by atoms with Crippen LogP contribution in [-0.4, -0.2) is 49.6 Å². The lowest BCUT2D eigenvalue weighted by Crippen LogP contribution is -2.37. The molecule has 154 valence electrons. The molecule has 0 saturated heterocycles. The summed E-state index contributed by atoms with van der Waals surface area (Å²) in [6.45, 7) is 1.02. The van der Waals surface area contributed by atoms with Gasteiger partial charge in [0.25, 0.3) is 5.56 Å². The van der Waals surface area contributed by atoms with E-state index >= 15 is 0 Å². The molecule has 0 aliphatic carbocycles. The zero-order chi connectivity index (χ0) is 20.8. The molecule has 0 atom stereocenters. The number of nitrogens with zero attached hydrogens (tertiary/aromatic N) is 4. The lowest BCUT2D eigenvalue weighted by molar-refractivity contribution is 0.102.